The maximum absolute atomic E-state index is 12.4. The van der Waals surface area contributed by atoms with Crippen LogP contribution in [0.4, 0.5) is 4.79 Å². The molecule has 1 amide bonds. The number of oxazole rings is 1. The lowest BCUT2D eigenvalue weighted by Gasteiger charge is -2.33. The van der Waals surface area contributed by atoms with Crippen LogP contribution in [0, 0.1) is 0 Å². The maximum Gasteiger partial charge on any atom is 0.410 e. The SMILES string of the molecule is CCc1nc2cc(OCC[C@@H]3CN(C(=O)OCc4ccccc4)CCN3)ccc2o1. The topological polar surface area (TPSA) is 76.8 Å². The Kier molecular flexibility index (Phi) is 6.49. The van der Waals surface area contributed by atoms with Crippen LogP contribution >= 0.6 is 0 Å². The summed E-state index contributed by atoms with van der Waals surface area (Å²) in [6, 6.07) is 15.6. The molecular weight excluding hydrogens is 382 g/mol. The molecule has 3 aromatic rings. The van der Waals surface area contributed by atoms with Crippen LogP contribution in [0.5, 0.6) is 5.75 Å². The minimum Gasteiger partial charge on any atom is -0.493 e. The first-order chi connectivity index (χ1) is 14.7. The monoisotopic (exact) mass is 409 g/mol. The van der Waals surface area contributed by atoms with E-state index in [1.54, 1.807) is 4.90 Å². The van der Waals surface area contributed by atoms with E-state index in [-0.39, 0.29) is 12.1 Å². The number of amides is 1. The number of carbonyl (C=O) groups is 1. The Hall–Kier alpha value is -3.06. The first kappa shape index (κ1) is 20.2. The third kappa shape index (κ3) is 5.10. The Morgan fingerprint density at radius 3 is 2.97 bits per heavy atom. The molecule has 1 aromatic heterocycles. The molecule has 2 heterocycles. The lowest BCUT2D eigenvalue weighted by Crippen LogP contribution is -2.53. The van der Waals surface area contributed by atoms with Crippen LogP contribution in [0.25, 0.3) is 11.1 Å². The molecule has 0 unspecified atom stereocenters. The van der Waals surface area contributed by atoms with Crippen LogP contribution in [0.15, 0.2) is 52.9 Å². The average Bonchev–Trinajstić information content (AvgIpc) is 3.21. The van der Waals surface area contributed by atoms with Crippen LogP contribution in [0.2, 0.25) is 0 Å². The minimum absolute atomic E-state index is 0.172. The second kappa shape index (κ2) is 9.63. The molecule has 0 spiro atoms. The summed E-state index contributed by atoms with van der Waals surface area (Å²) in [5.74, 6) is 1.50. The fourth-order valence-corrected chi connectivity index (χ4v) is 3.51. The van der Waals surface area contributed by atoms with Gasteiger partial charge >= 0.3 is 6.09 Å². The van der Waals surface area contributed by atoms with Crippen molar-refractivity contribution in [2.45, 2.75) is 32.4 Å². The van der Waals surface area contributed by atoms with E-state index in [2.05, 4.69) is 10.3 Å². The summed E-state index contributed by atoms with van der Waals surface area (Å²) in [5.41, 5.74) is 2.58. The van der Waals surface area contributed by atoms with Gasteiger partial charge in [0.05, 0.1) is 6.61 Å². The number of rotatable bonds is 7. The lowest BCUT2D eigenvalue weighted by molar-refractivity contribution is 0.0827. The van der Waals surface area contributed by atoms with Crippen LogP contribution in [-0.2, 0) is 17.8 Å². The quantitative estimate of drug-likeness (QED) is 0.640. The van der Waals surface area contributed by atoms with Gasteiger partial charge in [-0.1, -0.05) is 37.3 Å². The molecule has 1 aliphatic heterocycles. The van der Waals surface area contributed by atoms with Gasteiger partial charge in [0.25, 0.3) is 0 Å². The number of carbonyl (C=O) groups excluding carboxylic acids is 1. The minimum atomic E-state index is -0.269. The van der Waals surface area contributed by atoms with Gasteiger partial charge in [-0.15, -0.1) is 0 Å². The number of ether oxygens (including phenoxy) is 2. The van der Waals surface area contributed by atoms with Crippen molar-refractivity contribution >= 4 is 17.2 Å². The zero-order chi connectivity index (χ0) is 20.8. The van der Waals surface area contributed by atoms with Gasteiger partial charge in [0, 0.05) is 38.2 Å². The molecule has 0 saturated carbocycles. The summed E-state index contributed by atoms with van der Waals surface area (Å²) in [4.78, 5) is 18.6. The highest BCUT2D eigenvalue weighted by atomic mass is 16.6. The summed E-state index contributed by atoms with van der Waals surface area (Å²) < 4.78 is 17.0. The van der Waals surface area contributed by atoms with Crippen molar-refractivity contribution in [2.75, 3.05) is 26.2 Å². The molecule has 0 bridgehead atoms. The van der Waals surface area contributed by atoms with Crippen LogP contribution in [0.3, 0.4) is 0 Å². The summed E-state index contributed by atoms with van der Waals surface area (Å²) in [6.45, 7) is 4.86. The smallest absolute Gasteiger partial charge is 0.410 e. The molecule has 1 aliphatic rings. The van der Waals surface area contributed by atoms with Gasteiger partial charge in [0.15, 0.2) is 11.5 Å². The van der Waals surface area contributed by atoms with Gasteiger partial charge in [-0.3, -0.25) is 0 Å². The molecule has 1 fully saturated rings. The molecule has 4 rings (SSSR count). The second-order valence-corrected chi connectivity index (χ2v) is 7.37. The van der Waals surface area contributed by atoms with E-state index in [4.69, 9.17) is 13.9 Å². The Balaban J connectivity index is 1.23. The molecule has 0 radical (unpaired) electrons. The number of nitrogens with one attached hydrogen (secondary N) is 1. The van der Waals surface area contributed by atoms with Gasteiger partial charge < -0.3 is 24.1 Å². The van der Waals surface area contributed by atoms with Crippen molar-refractivity contribution in [3.63, 3.8) is 0 Å². The van der Waals surface area contributed by atoms with Crippen molar-refractivity contribution in [2.24, 2.45) is 0 Å². The fourth-order valence-electron chi connectivity index (χ4n) is 3.51. The van der Waals surface area contributed by atoms with E-state index in [0.717, 1.165) is 47.7 Å². The maximum atomic E-state index is 12.4. The molecule has 2 aromatic carbocycles. The number of piperazine rings is 1. The number of hydrogen-bond acceptors (Lipinski definition) is 6. The number of nitrogens with zero attached hydrogens (tertiary/aromatic N) is 2. The van der Waals surface area contributed by atoms with Crippen molar-refractivity contribution < 1.29 is 18.7 Å². The average molecular weight is 409 g/mol. The Labute approximate surface area is 176 Å². The van der Waals surface area contributed by atoms with Crippen molar-refractivity contribution in [3.05, 3.63) is 60.0 Å². The highest BCUT2D eigenvalue weighted by Gasteiger charge is 2.24. The zero-order valence-electron chi connectivity index (χ0n) is 17.2. The van der Waals surface area contributed by atoms with Crippen molar-refractivity contribution in [3.8, 4) is 5.75 Å². The fraction of sp³-hybridized carbons (Fsp3) is 0.391. The molecule has 30 heavy (non-hydrogen) atoms. The first-order valence-corrected chi connectivity index (χ1v) is 10.4. The number of aromatic nitrogens is 1. The van der Waals surface area contributed by atoms with E-state index in [1.165, 1.54) is 0 Å². The highest BCUT2D eigenvalue weighted by molar-refractivity contribution is 5.74. The lowest BCUT2D eigenvalue weighted by atomic mass is 10.1. The van der Waals surface area contributed by atoms with Crippen molar-refractivity contribution in [1.29, 1.82) is 0 Å². The Morgan fingerprint density at radius 2 is 2.13 bits per heavy atom. The van der Waals surface area contributed by atoms with E-state index in [1.807, 2.05) is 55.5 Å². The van der Waals surface area contributed by atoms with Gasteiger partial charge in [-0.05, 0) is 24.1 Å². The van der Waals surface area contributed by atoms with Crippen LogP contribution in [0.1, 0.15) is 24.8 Å². The molecule has 1 saturated heterocycles. The van der Waals surface area contributed by atoms with Gasteiger partial charge in [0.1, 0.15) is 17.9 Å². The summed E-state index contributed by atoms with van der Waals surface area (Å²) in [6.07, 6.45) is 1.29. The predicted molar refractivity (Wildman–Crippen MR) is 113 cm³/mol. The number of hydrogen-bond donors (Lipinski definition) is 1. The van der Waals surface area contributed by atoms with Crippen molar-refractivity contribution in [1.82, 2.24) is 15.2 Å². The van der Waals surface area contributed by atoms with Gasteiger partial charge in [0.2, 0.25) is 0 Å². The molecule has 7 nitrogen and oxygen atoms in total. The summed E-state index contributed by atoms with van der Waals surface area (Å²) >= 11 is 0. The normalized spacial score (nSPS) is 16.6. The molecule has 7 heteroatoms. The Bertz CT molecular complexity index is 973. The number of aryl methyl sites for hydroxylation is 1. The van der Waals surface area contributed by atoms with E-state index < -0.39 is 0 Å². The largest absolute Gasteiger partial charge is 0.493 e. The summed E-state index contributed by atoms with van der Waals surface area (Å²) in [5, 5.41) is 3.45. The summed E-state index contributed by atoms with van der Waals surface area (Å²) in [7, 11) is 0. The van der Waals surface area contributed by atoms with E-state index >= 15 is 0 Å². The molecule has 1 N–H and O–H groups in total. The Morgan fingerprint density at radius 1 is 1.27 bits per heavy atom. The molecule has 158 valence electrons. The highest BCUT2D eigenvalue weighted by Crippen LogP contribution is 2.22. The third-order valence-corrected chi connectivity index (χ3v) is 5.16. The van der Waals surface area contributed by atoms with Crippen LogP contribution in [-0.4, -0.2) is 48.3 Å². The van der Waals surface area contributed by atoms with E-state index in [0.29, 0.717) is 26.3 Å². The van der Waals surface area contributed by atoms with Gasteiger partial charge in [-0.2, -0.15) is 0 Å². The van der Waals surface area contributed by atoms with Gasteiger partial charge in [-0.25, -0.2) is 9.78 Å². The standard InChI is InChI=1S/C23H27N3O4/c1-2-22-25-20-14-19(8-9-21(20)30-22)28-13-10-18-15-26(12-11-24-18)23(27)29-16-17-6-4-3-5-7-17/h3-9,14,18,24H,2,10-13,15-16H2,1H3/t18-/m1/s1. The third-order valence-electron chi connectivity index (χ3n) is 5.16. The molecule has 1 atom stereocenters. The number of fused-ring (bicyclic) bond motifs is 1. The first-order valence-electron chi connectivity index (χ1n) is 10.4. The molecule has 0 aliphatic carbocycles. The van der Waals surface area contributed by atoms with E-state index in [9.17, 15) is 4.79 Å². The van der Waals surface area contributed by atoms with Crippen LogP contribution < -0.4 is 10.1 Å². The molecular formula is C23H27N3O4. The predicted octanol–water partition coefficient (Wildman–Crippen LogP) is 3.77. The number of benzene rings is 2. The second-order valence-electron chi connectivity index (χ2n) is 7.37. The zero-order valence-corrected chi connectivity index (χ0v) is 17.2.